The van der Waals surface area contributed by atoms with Gasteiger partial charge in [-0.05, 0) is 30.7 Å². The smallest absolute Gasteiger partial charge is 0.248 e. The van der Waals surface area contributed by atoms with Crippen LogP contribution in [0.2, 0.25) is 0 Å². The Morgan fingerprint density at radius 1 is 1.44 bits per heavy atom. The molecule has 2 aromatic heterocycles. The number of benzene rings is 1. The molecular weight excluding hydrogens is 318 g/mol. The molecule has 1 atom stereocenters. The van der Waals surface area contributed by atoms with Crippen molar-refractivity contribution in [1.82, 2.24) is 9.38 Å². The summed E-state index contributed by atoms with van der Waals surface area (Å²) in [7, 11) is 0. The Bertz CT molecular complexity index is 1030. The van der Waals surface area contributed by atoms with E-state index in [-0.39, 0.29) is 0 Å². The zero-order valence-electron chi connectivity index (χ0n) is 13.8. The van der Waals surface area contributed by atoms with Gasteiger partial charge in [0, 0.05) is 6.54 Å². The summed E-state index contributed by atoms with van der Waals surface area (Å²) in [5, 5.41) is 9.56. The lowest BCUT2D eigenvalue weighted by atomic mass is 10.1. The number of imidazole rings is 1. The normalized spacial score (nSPS) is 17.8. The molecule has 0 bridgehead atoms. The number of carbonyl (C=O) groups excluding carboxylic acids is 1. The molecule has 7 heteroatoms. The van der Waals surface area contributed by atoms with E-state index in [4.69, 9.17) is 10.5 Å². The number of primary amides is 1. The van der Waals surface area contributed by atoms with Gasteiger partial charge in [-0.25, -0.2) is 4.98 Å². The highest BCUT2D eigenvalue weighted by Crippen LogP contribution is 2.29. The summed E-state index contributed by atoms with van der Waals surface area (Å²) in [5.41, 5.74) is 9.19. The lowest BCUT2D eigenvalue weighted by molar-refractivity contribution is -0.130. The van der Waals surface area contributed by atoms with Crippen molar-refractivity contribution in [1.29, 1.82) is 5.26 Å². The average Bonchev–Trinajstić information content (AvgIpc) is 3.00. The third kappa shape index (κ3) is 2.39. The number of aryl methyl sites for hydroxylation is 1. The quantitative estimate of drug-likeness (QED) is 0.763. The third-order valence-corrected chi connectivity index (χ3v) is 4.57. The maximum absolute atomic E-state index is 11.5. The number of amides is 1. The molecule has 4 rings (SSSR count). The monoisotopic (exact) mass is 335 g/mol. The van der Waals surface area contributed by atoms with Crippen molar-refractivity contribution >= 4 is 28.4 Å². The number of rotatable bonds is 2. The van der Waals surface area contributed by atoms with Gasteiger partial charge in [-0.15, -0.1) is 0 Å². The summed E-state index contributed by atoms with van der Waals surface area (Å²) in [5.74, 6) is 0.413. The molecule has 25 heavy (non-hydrogen) atoms. The molecule has 2 N–H and O–H groups in total. The Labute approximate surface area is 144 Å². The minimum atomic E-state index is -0.644. The van der Waals surface area contributed by atoms with Crippen molar-refractivity contribution in [3.8, 4) is 6.07 Å². The predicted octanol–water partition coefficient (Wildman–Crippen LogP) is 1.36. The Hall–Kier alpha value is -3.11. The predicted molar refractivity (Wildman–Crippen MR) is 93.3 cm³/mol. The number of nitrogens with two attached hydrogens (primary N) is 1. The number of ether oxygens (including phenoxy) is 1. The summed E-state index contributed by atoms with van der Waals surface area (Å²) in [6, 6.07) is 12.0. The fourth-order valence-corrected chi connectivity index (χ4v) is 3.33. The molecule has 7 nitrogen and oxygen atoms in total. The summed E-state index contributed by atoms with van der Waals surface area (Å²) in [6.07, 6.45) is -0.644. The van der Waals surface area contributed by atoms with E-state index in [0.29, 0.717) is 30.9 Å². The summed E-state index contributed by atoms with van der Waals surface area (Å²) in [6.45, 7) is 3.33. The highest BCUT2D eigenvalue weighted by Gasteiger charge is 2.27. The molecule has 1 amide bonds. The number of nitrogens with zero attached hydrogens (tertiary/aromatic N) is 4. The molecule has 3 aromatic rings. The van der Waals surface area contributed by atoms with Gasteiger partial charge in [0.2, 0.25) is 5.91 Å². The minimum Gasteiger partial charge on any atom is -0.367 e. The Morgan fingerprint density at radius 3 is 3.00 bits per heavy atom. The molecule has 1 aliphatic heterocycles. The molecule has 1 saturated heterocycles. The SMILES string of the molecule is Cc1cc(N2CCOC(C(N)=O)C2)n2c(nc3ccccc32)c1C#N. The van der Waals surface area contributed by atoms with Crippen LogP contribution in [-0.4, -0.2) is 41.1 Å². The van der Waals surface area contributed by atoms with Gasteiger partial charge >= 0.3 is 0 Å². The molecule has 1 aromatic carbocycles. The molecule has 1 fully saturated rings. The molecule has 0 radical (unpaired) electrons. The number of para-hydroxylation sites is 2. The first-order chi connectivity index (χ1) is 12.1. The van der Waals surface area contributed by atoms with Crippen LogP contribution in [-0.2, 0) is 9.53 Å². The number of hydrogen-bond donors (Lipinski definition) is 1. The Morgan fingerprint density at radius 2 is 2.24 bits per heavy atom. The van der Waals surface area contributed by atoms with E-state index >= 15 is 0 Å². The third-order valence-electron chi connectivity index (χ3n) is 4.57. The van der Waals surface area contributed by atoms with Gasteiger partial charge in [-0.3, -0.25) is 9.20 Å². The van der Waals surface area contributed by atoms with Crippen molar-refractivity contribution in [3.05, 3.63) is 41.5 Å². The van der Waals surface area contributed by atoms with Crippen LogP contribution < -0.4 is 10.6 Å². The summed E-state index contributed by atoms with van der Waals surface area (Å²) >= 11 is 0. The van der Waals surface area contributed by atoms with Crippen LogP contribution in [0.15, 0.2) is 30.3 Å². The van der Waals surface area contributed by atoms with Crippen LogP contribution in [0.25, 0.3) is 16.7 Å². The average molecular weight is 335 g/mol. The maximum Gasteiger partial charge on any atom is 0.248 e. The van der Waals surface area contributed by atoms with E-state index in [1.807, 2.05) is 41.7 Å². The second kappa shape index (κ2) is 5.76. The van der Waals surface area contributed by atoms with Crippen LogP contribution in [0.1, 0.15) is 11.1 Å². The molecule has 1 unspecified atom stereocenters. The van der Waals surface area contributed by atoms with Crippen LogP contribution in [0.3, 0.4) is 0 Å². The van der Waals surface area contributed by atoms with Crippen LogP contribution >= 0.6 is 0 Å². The van der Waals surface area contributed by atoms with Crippen molar-refractivity contribution in [2.45, 2.75) is 13.0 Å². The van der Waals surface area contributed by atoms with E-state index < -0.39 is 12.0 Å². The second-order valence-corrected chi connectivity index (χ2v) is 6.14. The van der Waals surface area contributed by atoms with Gasteiger partial charge in [0.25, 0.3) is 0 Å². The summed E-state index contributed by atoms with van der Waals surface area (Å²) in [4.78, 5) is 18.2. The minimum absolute atomic E-state index is 0.377. The van der Waals surface area contributed by atoms with Gasteiger partial charge in [-0.2, -0.15) is 5.26 Å². The number of pyridine rings is 1. The maximum atomic E-state index is 11.5. The molecule has 0 spiro atoms. The van der Waals surface area contributed by atoms with E-state index in [1.165, 1.54) is 0 Å². The van der Waals surface area contributed by atoms with Crippen molar-refractivity contribution in [2.24, 2.45) is 5.73 Å². The van der Waals surface area contributed by atoms with E-state index in [9.17, 15) is 10.1 Å². The van der Waals surface area contributed by atoms with Gasteiger partial charge in [0.15, 0.2) is 11.8 Å². The van der Waals surface area contributed by atoms with Gasteiger partial charge < -0.3 is 15.4 Å². The lowest BCUT2D eigenvalue weighted by Crippen LogP contribution is -2.49. The number of fused-ring (bicyclic) bond motifs is 3. The van der Waals surface area contributed by atoms with Gasteiger partial charge in [-0.1, -0.05) is 12.1 Å². The number of hydrogen-bond acceptors (Lipinski definition) is 5. The Balaban J connectivity index is 1.97. The first-order valence-electron chi connectivity index (χ1n) is 8.07. The molecular formula is C18H17N5O2. The standard InChI is InChI=1S/C18H17N5O2/c1-11-8-16(22-6-7-25-15(10-22)17(20)24)23-14-5-3-2-4-13(14)21-18(23)12(11)9-19/h2-5,8,15H,6-7,10H2,1H3,(H2,20,24). The molecule has 126 valence electrons. The molecule has 0 saturated carbocycles. The van der Waals surface area contributed by atoms with Crippen LogP contribution in [0.5, 0.6) is 0 Å². The number of aromatic nitrogens is 2. The molecule has 1 aliphatic rings. The lowest BCUT2D eigenvalue weighted by Gasteiger charge is -2.33. The van der Waals surface area contributed by atoms with Gasteiger partial charge in [0.05, 0.1) is 29.7 Å². The number of morpholine rings is 1. The Kier molecular flexibility index (Phi) is 3.55. The zero-order chi connectivity index (χ0) is 17.6. The molecule has 0 aliphatic carbocycles. The second-order valence-electron chi connectivity index (χ2n) is 6.14. The zero-order valence-corrected chi connectivity index (χ0v) is 13.8. The highest BCUT2D eigenvalue weighted by atomic mass is 16.5. The van der Waals surface area contributed by atoms with Crippen LogP contribution in [0.4, 0.5) is 5.82 Å². The van der Waals surface area contributed by atoms with E-state index in [0.717, 1.165) is 22.4 Å². The largest absolute Gasteiger partial charge is 0.367 e. The fourth-order valence-electron chi connectivity index (χ4n) is 3.33. The fraction of sp³-hybridized carbons (Fsp3) is 0.278. The van der Waals surface area contributed by atoms with Gasteiger partial charge in [0.1, 0.15) is 11.9 Å². The van der Waals surface area contributed by atoms with Crippen molar-refractivity contribution < 1.29 is 9.53 Å². The van der Waals surface area contributed by atoms with Crippen molar-refractivity contribution in [3.63, 3.8) is 0 Å². The van der Waals surface area contributed by atoms with Crippen molar-refractivity contribution in [2.75, 3.05) is 24.6 Å². The summed E-state index contributed by atoms with van der Waals surface area (Å²) < 4.78 is 7.43. The highest BCUT2D eigenvalue weighted by molar-refractivity contribution is 5.85. The first-order valence-corrected chi connectivity index (χ1v) is 8.07. The topological polar surface area (TPSA) is 96.7 Å². The number of carbonyl (C=O) groups is 1. The van der Waals surface area contributed by atoms with Crippen LogP contribution in [0, 0.1) is 18.3 Å². The first kappa shape index (κ1) is 15.4. The van der Waals surface area contributed by atoms with E-state index in [2.05, 4.69) is 16.0 Å². The van der Waals surface area contributed by atoms with E-state index in [1.54, 1.807) is 0 Å². The number of nitriles is 1. The molecule has 3 heterocycles. The number of anilines is 1.